The highest BCUT2D eigenvalue weighted by Crippen LogP contribution is 2.31. The predicted octanol–water partition coefficient (Wildman–Crippen LogP) is 1.34. The van der Waals surface area contributed by atoms with E-state index < -0.39 is 0 Å². The molecular formula is C20H25N7O2. The van der Waals surface area contributed by atoms with E-state index in [-0.39, 0.29) is 17.4 Å². The molecule has 9 heteroatoms. The third-order valence-electron chi connectivity index (χ3n) is 6.09. The second kappa shape index (κ2) is 7.64. The van der Waals surface area contributed by atoms with Gasteiger partial charge in [-0.05, 0) is 30.9 Å². The smallest absolute Gasteiger partial charge is 0.276 e. The van der Waals surface area contributed by atoms with Crippen LogP contribution >= 0.6 is 0 Å². The van der Waals surface area contributed by atoms with E-state index in [9.17, 15) is 4.79 Å². The van der Waals surface area contributed by atoms with Crippen molar-refractivity contribution in [1.29, 1.82) is 0 Å². The molecule has 0 saturated carbocycles. The summed E-state index contributed by atoms with van der Waals surface area (Å²) in [6.07, 6.45) is 5.14. The topological polar surface area (TPSA) is 101 Å². The monoisotopic (exact) mass is 395 g/mol. The summed E-state index contributed by atoms with van der Waals surface area (Å²) in [6, 6.07) is 3.89. The van der Waals surface area contributed by atoms with E-state index in [4.69, 9.17) is 9.84 Å². The van der Waals surface area contributed by atoms with Crippen molar-refractivity contribution in [3.8, 4) is 0 Å². The van der Waals surface area contributed by atoms with E-state index in [2.05, 4.69) is 32.0 Å². The molecule has 3 aromatic rings. The standard InChI is InChI=1S/C20H25N7O2/c1-13-10-26(11-15-3-2-6-22-24-15)12-16(13)18-23-20(28)17-9-21-19(27(17)25-18)14-4-7-29-8-5-14/h2-3,6,9,13-14,16H,4-5,7-8,10-12H2,1H3,(H,23,25,28). The van der Waals surface area contributed by atoms with Gasteiger partial charge in [0, 0.05) is 50.9 Å². The van der Waals surface area contributed by atoms with Crippen LogP contribution in [0.3, 0.4) is 0 Å². The maximum atomic E-state index is 12.7. The summed E-state index contributed by atoms with van der Waals surface area (Å²) in [6.45, 7) is 6.17. The lowest BCUT2D eigenvalue weighted by atomic mass is 9.97. The van der Waals surface area contributed by atoms with E-state index in [1.807, 2.05) is 12.1 Å². The zero-order valence-corrected chi connectivity index (χ0v) is 16.5. The van der Waals surface area contributed by atoms with E-state index in [1.54, 1.807) is 16.9 Å². The van der Waals surface area contributed by atoms with E-state index in [1.165, 1.54) is 0 Å². The molecule has 2 saturated heterocycles. The van der Waals surface area contributed by atoms with Crippen LogP contribution in [0.15, 0.2) is 29.3 Å². The van der Waals surface area contributed by atoms with E-state index >= 15 is 0 Å². The second-order valence-corrected chi connectivity index (χ2v) is 8.13. The first-order valence-electron chi connectivity index (χ1n) is 10.2. The van der Waals surface area contributed by atoms with Crippen LogP contribution in [0.1, 0.15) is 48.9 Å². The fourth-order valence-electron chi connectivity index (χ4n) is 4.53. The molecule has 2 aliphatic heterocycles. The first-order chi connectivity index (χ1) is 14.2. The predicted molar refractivity (Wildman–Crippen MR) is 106 cm³/mol. The molecule has 2 fully saturated rings. The van der Waals surface area contributed by atoms with Crippen molar-refractivity contribution in [2.24, 2.45) is 5.92 Å². The number of rotatable bonds is 4. The molecule has 2 unspecified atom stereocenters. The molecular weight excluding hydrogens is 370 g/mol. The molecule has 0 amide bonds. The summed E-state index contributed by atoms with van der Waals surface area (Å²) in [5.74, 6) is 2.43. The molecule has 0 spiro atoms. The van der Waals surface area contributed by atoms with Gasteiger partial charge < -0.3 is 9.72 Å². The van der Waals surface area contributed by atoms with Crippen LogP contribution < -0.4 is 5.56 Å². The Morgan fingerprint density at radius 3 is 2.93 bits per heavy atom. The number of H-pyrrole nitrogens is 1. The normalized spacial score (nSPS) is 23.8. The third kappa shape index (κ3) is 3.56. The van der Waals surface area contributed by atoms with Crippen molar-refractivity contribution >= 4 is 5.52 Å². The van der Waals surface area contributed by atoms with Crippen molar-refractivity contribution in [1.82, 2.24) is 34.7 Å². The van der Waals surface area contributed by atoms with Crippen molar-refractivity contribution in [2.75, 3.05) is 26.3 Å². The van der Waals surface area contributed by atoms with Crippen LogP contribution in [-0.2, 0) is 11.3 Å². The van der Waals surface area contributed by atoms with Crippen LogP contribution in [0.2, 0.25) is 0 Å². The lowest BCUT2D eigenvalue weighted by Crippen LogP contribution is -2.24. The minimum absolute atomic E-state index is 0.125. The van der Waals surface area contributed by atoms with Crippen molar-refractivity contribution in [3.63, 3.8) is 0 Å². The maximum absolute atomic E-state index is 12.7. The average Bonchev–Trinajstić information content (AvgIpc) is 3.33. The summed E-state index contributed by atoms with van der Waals surface area (Å²) in [7, 11) is 0. The quantitative estimate of drug-likeness (QED) is 0.711. The van der Waals surface area contributed by atoms with Crippen LogP contribution in [0.25, 0.3) is 5.52 Å². The van der Waals surface area contributed by atoms with Gasteiger partial charge in [0.1, 0.15) is 11.6 Å². The van der Waals surface area contributed by atoms with Crippen molar-refractivity contribution in [3.05, 3.63) is 52.2 Å². The van der Waals surface area contributed by atoms with E-state index in [0.29, 0.717) is 11.4 Å². The highest BCUT2D eigenvalue weighted by atomic mass is 16.5. The molecule has 5 heterocycles. The molecule has 9 nitrogen and oxygen atoms in total. The van der Waals surface area contributed by atoms with Gasteiger partial charge >= 0.3 is 0 Å². The maximum Gasteiger partial charge on any atom is 0.276 e. The fourth-order valence-corrected chi connectivity index (χ4v) is 4.53. The first kappa shape index (κ1) is 18.4. The molecule has 0 aromatic carbocycles. The summed E-state index contributed by atoms with van der Waals surface area (Å²) < 4.78 is 7.24. The van der Waals surface area contributed by atoms with Crippen LogP contribution in [0, 0.1) is 5.92 Å². The van der Waals surface area contributed by atoms with Gasteiger partial charge in [0.05, 0.1) is 11.9 Å². The van der Waals surface area contributed by atoms with Gasteiger partial charge in [0.15, 0.2) is 5.52 Å². The minimum Gasteiger partial charge on any atom is -0.381 e. The Bertz CT molecular complexity index is 1040. The molecule has 2 aliphatic rings. The molecule has 2 atom stereocenters. The molecule has 152 valence electrons. The minimum atomic E-state index is -0.125. The third-order valence-corrected chi connectivity index (χ3v) is 6.09. The number of hydrogen-bond donors (Lipinski definition) is 1. The number of ether oxygens (including phenoxy) is 1. The van der Waals surface area contributed by atoms with Gasteiger partial charge in [-0.25, -0.2) is 9.50 Å². The summed E-state index contributed by atoms with van der Waals surface area (Å²) in [5, 5.41) is 13.0. The van der Waals surface area contributed by atoms with Gasteiger partial charge in [-0.2, -0.15) is 15.3 Å². The number of nitrogens with zero attached hydrogens (tertiary/aromatic N) is 6. The molecule has 3 aromatic heterocycles. The summed E-state index contributed by atoms with van der Waals surface area (Å²) in [5.41, 5.74) is 1.34. The largest absolute Gasteiger partial charge is 0.381 e. The first-order valence-corrected chi connectivity index (χ1v) is 10.2. The number of aromatic amines is 1. The zero-order chi connectivity index (χ0) is 19.8. The highest BCUT2D eigenvalue weighted by Gasteiger charge is 2.33. The number of likely N-dealkylation sites (tertiary alicyclic amines) is 1. The number of hydrogen-bond acceptors (Lipinski definition) is 7. The zero-order valence-electron chi connectivity index (χ0n) is 16.5. The Kier molecular flexibility index (Phi) is 4.84. The molecule has 0 radical (unpaired) electrons. The summed E-state index contributed by atoms with van der Waals surface area (Å²) in [4.78, 5) is 22.6. The van der Waals surface area contributed by atoms with Gasteiger partial charge in [-0.3, -0.25) is 9.69 Å². The molecule has 0 bridgehead atoms. The number of nitrogens with one attached hydrogen (secondary N) is 1. The molecule has 0 aliphatic carbocycles. The van der Waals surface area contributed by atoms with Crippen LogP contribution in [0.4, 0.5) is 0 Å². The summed E-state index contributed by atoms with van der Waals surface area (Å²) >= 11 is 0. The van der Waals surface area contributed by atoms with Crippen LogP contribution in [0.5, 0.6) is 0 Å². The molecule has 5 rings (SSSR count). The van der Waals surface area contributed by atoms with Crippen molar-refractivity contribution in [2.45, 2.75) is 38.1 Å². The van der Waals surface area contributed by atoms with Crippen LogP contribution in [-0.4, -0.2) is 61.0 Å². The van der Waals surface area contributed by atoms with Gasteiger partial charge in [-0.1, -0.05) is 6.92 Å². The highest BCUT2D eigenvalue weighted by molar-refractivity contribution is 5.42. The average molecular weight is 395 g/mol. The Morgan fingerprint density at radius 1 is 1.28 bits per heavy atom. The number of fused-ring (bicyclic) bond motifs is 1. The number of imidazole rings is 1. The lowest BCUT2D eigenvalue weighted by Gasteiger charge is -2.21. The van der Waals surface area contributed by atoms with Gasteiger partial charge in [0.25, 0.3) is 5.56 Å². The van der Waals surface area contributed by atoms with Gasteiger partial charge in [0.2, 0.25) is 0 Å². The molecule has 29 heavy (non-hydrogen) atoms. The lowest BCUT2D eigenvalue weighted by molar-refractivity contribution is 0.0832. The Morgan fingerprint density at radius 2 is 2.14 bits per heavy atom. The fraction of sp³-hybridized carbons (Fsp3) is 0.550. The van der Waals surface area contributed by atoms with Crippen molar-refractivity contribution < 1.29 is 4.74 Å². The number of aromatic nitrogens is 6. The Balaban J connectivity index is 1.43. The SMILES string of the molecule is CC1CN(Cc2cccnn2)CC1c1nn2c(C3CCOCC3)ncc2c(=O)[nH]1. The Labute approximate surface area is 168 Å². The van der Waals surface area contributed by atoms with Gasteiger partial charge in [-0.15, -0.1) is 0 Å². The van der Waals surface area contributed by atoms with E-state index in [0.717, 1.165) is 63.0 Å². The second-order valence-electron chi connectivity index (χ2n) is 8.13. The Hall–Kier alpha value is -2.65. The molecule has 1 N–H and O–H groups in total.